The maximum atomic E-state index is 12.4. The van der Waals surface area contributed by atoms with Crippen molar-refractivity contribution in [3.8, 4) is 0 Å². The van der Waals surface area contributed by atoms with Gasteiger partial charge in [-0.15, -0.1) is 0 Å². The molecule has 23 heavy (non-hydrogen) atoms. The summed E-state index contributed by atoms with van der Waals surface area (Å²) in [6, 6.07) is 8.80. The van der Waals surface area contributed by atoms with Crippen molar-refractivity contribution >= 4 is 5.91 Å². The number of amides is 1. The highest BCUT2D eigenvalue weighted by molar-refractivity contribution is 5.80. The second kappa shape index (κ2) is 5.91. The first-order valence-electron chi connectivity index (χ1n) is 8.85. The Morgan fingerprint density at radius 3 is 2.83 bits per heavy atom. The second-order valence-corrected chi connectivity index (χ2v) is 7.51. The minimum Gasteiger partial charge on any atom is -0.370 e. The van der Waals surface area contributed by atoms with Crippen molar-refractivity contribution in [1.82, 2.24) is 9.80 Å². The number of rotatable bonds is 3. The minimum absolute atomic E-state index is 0.0461. The van der Waals surface area contributed by atoms with E-state index in [1.54, 1.807) is 0 Å². The van der Waals surface area contributed by atoms with Crippen LogP contribution in [-0.2, 0) is 16.0 Å². The Labute approximate surface area is 138 Å². The van der Waals surface area contributed by atoms with Crippen LogP contribution in [0.3, 0.4) is 0 Å². The first-order valence-corrected chi connectivity index (χ1v) is 8.85. The van der Waals surface area contributed by atoms with E-state index >= 15 is 0 Å². The van der Waals surface area contributed by atoms with Crippen LogP contribution in [0.15, 0.2) is 24.3 Å². The number of hydrogen-bond donors (Lipinski definition) is 0. The van der Waals surface area contributed by atoms with Gasteiger partial charge >= 0.3 is 0 Å². The summed E-state index contributed by atoms with van der Waals surface area (Å²) in [6.45, 7) is 6.92. The molecule has 3 aliphatic heterocycles. The van der Waals surface area contributed by atoms with Gasteiger partial charge < -0.3 is 9.64 Å². The Balaban J connectivity index is 1.30. The van der Waals surface area contributed by atoms with Crippen molar-refractivity contribution in [1.29, 1.82) is 0 Å². The molecule has 1 aromatic carbocycles. The number of nitrogens with zero attached hydrogens (tertiary/aromatic N) is 2. The third-order valence-corrected chi connectivity index (χ3v) is 5.60. The van der Waals surface area contributed by atoms with Crippen LogP contribution in [0.25, 0.3) is 0 Å². The van der Waals surface area contributed by atoms with Gasteiger partial charge in [-0.1, -0.05) is 29.8 Å². The molecule has 4 rings (SSSR count). The number of ether oxygens (including phenoxy) is 1. The molecule has 3 heterocycles. The van der Waals surface area contributed by atoms with Gasteiger partial charge in [-0.2, -0.15) is 0 Å². The van der Waals surface area contributed by atoms with E-state index in [1.165, 1.54) is 31.5 Å². The fraction of sp³-hybridized carbons (Fsp3) is 0.632. The standard InChI is InChI=1S/C19H26N2O2/c1-15-5-4-6-16(9-15)10-18(22)21-13-19(14-21)11-17(12-23-19)20-7-2-3-8-20/h4-6,9,17H,2-3,7-8,10-14H2,1H3. The van der Waals surface area contributed by atoms with E-state index < -0.39 is 0 Å². The highest BCUT2D eigenvalue weighted by Crippen LogP contribution is 2.37. The molecule has 1 amide bonds. The molecule has 1 atom stereocenters. The molecular formula is C19H26N2O2. The largest absolute Gasteiger partial charge is 0.370 e. The molecule has 1 aromatic rings. The normalized spacial score (nSPS) is 26.7. The van der Waals surface area contributed by atoms with Crippen LogP contribution >= 0.6 is 0 Å². The SMILES string of the molecule is Cc1cccc(CC(=O)N2CC3(CC(N4CCCC4)CO3)C2)c1. The molecule has 3 aliphatic rings. The average molecular weight is 314 g/mol. The van der Waals surface area contributed by atoms with E-state index in [0.29, 0.717) is 12.5 Å². The van der Waals surface area contributed by atoms with Crippen LogP contribution in [0.5, 0.6) is 0 Å². The topological polar surface area (TPSA) is 32.8 Å². The minimum atomic E-state index is -0.0461. The van der Waals surface area contributed by atoms with E-state index in [2.05, 4.69) is 24.0 Å². The zero-order valence-corrected chi connectivity index (χ0v) is 14.0. The smallest absolute Gasteiger partial charge is 0.227 e. The Bertz CT molecular complexity index is 589. The van der Waals surface area contributed by atoms with Gasteiger partial charge in [-0.25, -0.2) is 0 Å². The molecule has 0 aliphatic carbocycles. The summed E-state index contributed by atoms with van der Waals surface area (Å²) in [4.78, 5) is 17.0. The molecule has 3 fully saturated rings. The van der Waals surface area contributed by atoms with Crippen molar-refractivity contribution in [2.75, 3.05) is 32.8 Å². The van der Waals surface area contributed by atoms with Crippen LogP contribution in [0.2, 0.25) is 0 Å². The second-order valence-electron chi connectivity index (χ2n) is 7.51. The lowest BCUT2D eigenvalue weighted by Crippen LogP contribution is -2.63. The van der Waals surface area contributed by atoms with Crippen LogP contribution in [0, 0.1) is 6.92 Å². The highest BCUT2D eigenvalue weighted by Gasteiger charge is 2.52. The van der Waals surface area contributed by atoms with E-state index in [0.717, 1.165) is 31.7 Å². The predicted molar refractivity (Wildman–Crippen MR) is 89.4 cm³/mol. The first-order chi connectivity index (χ1) is 11.1. The number of hydrogen-bond acceptors (Lipinski definition) is 3. The van der Waals surface area contributed by atoms with Crippen molar-refractivity contribution in [2.24, 2.45) is 0 Å². The molecule has 4 nitrogen and oxygen atoms in total. The van der Waals surface area contributed by atoms with Crippen molar-refractivity contribution < 1.29 is 9.53 Å². The van der Waals surface area contributed by atoms with Crippen LogP contribution in [0.1, 0.15) is 30.4 Å². The summed E-state index contributed by atoms with van der Waals surface area (Å²) >= 11 is 0. The lowest BCUT2D eigenvalue weighted by Gasteiger charge is -2.47. The molecule has 124 valence electrons. The van der Waals surface area contributed by atoms with E-state index in [9.17, 15) is 4.79 Å². The van der Waals surface area contributed by atoms with Gasteiger partial charge in [0.15, 0.2) is 0 Å². The summed E-state index contributed by atoms with van der Waals surface area (Å²) in [7, 11) is 0. The van der Waals surface area contributed by atoms with Crippen molar-refractivity contribution in [2.45, 2.75) is 44.2 Å². The van der Waals surface area contributed by atoms with Crippen molar-refractivity contribution in [3.05, 3.63) is 35.4 Å². The fourth-order valence-electron chi connectivity index (χ4n) is 4.32. The molecular weight excluding hydrogens is 288 g/mol. The molecule has 3 saturated heterocycles. The van der Waals surface area contributed by atoms with E-state index in [1.807, 2.05) is 17.0 Å². The Hall–Kier alpha value is -1.39. The number of benzene rings is 1. The molecule has 4 heteroatoms. The van der Waals surface area contributed by atoms with Crippen molar-refractivity contribution in [3.63, 3.8) is 0 Å². The third-order valence-electron chi connectivity index (χ3n) is 5.60. The van der Waals surface area contributed by atoms with Crippen LogP contribution < -0.4 is 0 Å². The molecule has 0 bridgehead atoms. The quantitative estimate of drug-likeness (QED) is 0.855. The predicted octanol–water partition coefficient (Wildman–Crippen LogP) is 2.00. The summed E-state index contributed by atoms with van der Waals surface area (Å²) in [5.74, 6) is 0.231. The number of likely N-dealkylation sites (tertiary alicyclic amines) is 2. The Morgan fingerprint density at radius 2 is 2.09 bits per heavy atom. The number of aryl methyl sites for hydroxylation is 1. The fourth-order valence-corrected chi connectivity index (χ4v) is 4.32. The van der Waals surface area contributed by atoms with Gasteiger partial charge in [-0.05, 0) is 44.8 Å². The van der Waals surface area contributed by atoms with E-state index in [4.69, 9.17) is 4.74 Å². The van der Waals surface area contributed by atoms with Gasteiger partial charge in [-0.3, -0.25) is 9.69 Å². The van der Waals surface area contributed by atoms with Gasteiger partial charge in [0.1, 0.15) is 5.60 Å². The maximum Gasteiger partial charge on any atom is 0.227 e. The zero-order chi connectivity index (χ0) is 15.9. The lowest BCUT2D eigenvalue weighted by atomic mass is 9.88. The summed E-state index contributed by atoms with van der Waals surface area (Å²) in [5, 5.41) is 0. The molecule has 0 N–H and O–H groups in total. The summed E-state index contributed by atoms with van der Waals surface area (Å²) < 4.78 is 6.12. The molecule has 0 aromatic heterocycles. The molecule has 1 unspecified atom stereocenters. The summed E-state index contributed by atoms with van der Waals surface area (Å²) in [6.07, 6.45) is 4.25. The molecule has 0 radical (unpaired) electrons. The summed E-state index contributed by atoms with van der Waals surface area (Å²) in [5.41, 5.74) is 2.27. The monoisotopic (exact) mass is 314 g/mol. The van der Waals surface area contributed by atoms with E-state index in [-0.39, 0.29) is 11.5 Å². The first kappa shape index (κ1) is 15.2. The number of carbonyl (C=O) groups excluding carboxylic acids is 1. The Morgan fingerprint density at radius 1 is 1.30 bits per heavy atom. The lowest BCUT2D eigenvalue weighted by molar-refractivity contribution is -0.157. The maximum absolute atomic E-state index is 12.4. The van der Waals surface area contributed by atoms with Crippen LogP contribution in [-0.4, -0.2) is 60.1 Å². The number of carbonyl (C=O) groups is 1. The molecule has 0 saturated carbocycles. The van der Waals surface area contributed by atoms with Gasteiger partial charge in [0.2, 0.25) is 5.91 Å². The van der Waals surface area contributed by atoms with Gasteiger partial charge in [0, 0.05) is 6.04 Å². The zero-order valence-electron chi connectivity index (χ0n) is 14.0. The van der Waals surface area contributed by atoms with Crippen LogP contribution in [0.4, 0.5) is 0 Å². The third kappa shape index (κ3) is 3.02. The van der Waals surface area contributed by atoms with Gasteiger partial charge in [0.05, 0.1) is 26.1 Å². The molecule has 1 spiro atoms. The average Bonchev–Trinajstić information content (AvgIpc) is 3.15. The Kier molecular flexibility index (Phi) is 3.90. The van der Waals surface area contributed by atoms with Gasteiger partial charge in [0.25, 0.3) is 0 Å². The highest BCUT2D eigenvalue weighted by atomic mass is 16.5.